The van der Waals surface area contributed by atoms with Crippen molar-refractivity contribution in [3.8, 4) is 0 Å². The zero-order valence-corrected chi connectivity index (χ0v) is 13.2. The van der Waals surface area contributed by atoms with Crippen LogP contribution in [0.25, 0.3) is 0 Å². The van der Waals surface area contributed by atoms with Gasteiger partial charge < -0.3 is 10.6 Å². The molecule has 0 aliphatic heterocycles. The second-order valence-corrected chi connectivity index (χ2v) is 5.22. The second kappa shape index (κ2) is 7.13. The predicted molar refractivity (Wildman–Crippen MR) is 84.5 cm³/mol. The van der Waals surface area contributed by atoms with Gasteiger partial charge in [0.25, 0.3) is 5.91 Å². The molecular formula is C16H18F2N4O. The number of carbonyl (C=O) groups is 1. The lowest BCUT2D eigenvalue weighted by Gasteiger charge is -2.13. The lowest BCUT2D eigenvalue weighted by molar-refractivity contribution is 0.102. The number of rotatable bonds is 5. The summed E-state index contributed by atoms with van der Waals surface area (Å²) in [5.41, 5.74) is 0.112. The van der Waals surface area contributed by atoms with Crippen molar-refractivity contribution in [3.63, 3.8) is 0 Å². The van der Waals surface area contributed by atoms with Crippen molar-refractivity contribution in [1.82, 2.24) is 9.97 Å². The highest BCUT2D eigenvalue weighted by atomic mass is 19.1. The Morgan fingerprint density at radius 2 is 1.91 bits per heavy atom. The Morgan fingerprint density at radius 1 is 1.26 bits per heavy atom. The molecule has 1 heterocycles. The van der Waals surface area contributed by atoms with Crippen molar-refractivity contribution in [1.29, 1.82) is 0 Å². The summed E-state index contributed by atoms with van der Waals surface area (Å²) in [5.74, 6) is -2.09. The number of hydrogen-bond donors (Lipinski definition) is 2. The van der Waals surface area contributed by atoms with Crippen LogP contribution in [0.15, 0.2) is 24.3 Å². The van der Waals surface area contributed by atoms with Crippen molar-refractivity contribution in [2.45, 2.75) is 33.2 Å². The molecule has 2 aromatic rings. The summed E-state index contributed by atoms with van der Waals surface area (Å²) in [6.07, 6.45) is 0.860. The quantitative estimate of drug-likeness (QED) is 0.884. The van der Waals surface area contributed by atoms with Gasteiger partial charge >= 0.3 is 0 Å². The van der Waals surface area contributed by atoms with Crippen molar-refractivity contribution in [2.24, 2.45) is 0 Å². The Hall–Kier alpha value is -2.57. The smallest absolute Gasteiger partial charge is 0.274 e. The first kappa shape index (κ1) is 16.8. The van der Waals surface area contributed by atoms with Crippen molar-refractivity contribution >= 4 is 17.5 Å². The molecule has 0 saturated heterocycles. The molecule has 1 amide bonds. The summed E-state index contributed by atoms with van der Waals surface area (Å²) in [6, 6.07) is 4.95. The van der Waals surface area contributed by atoms with Crippen LogP contribution in [0, 0.1) is 18.6 Å². The van der Waals surface area contributed by atoms with Crippen LogP contribution in [0.1, 0.15) is 36.5 Å². The SMILES string of the molecule is CCC(C)Nc1nc(C)cc(C(=O)Nc2c(F)cccc2F)n1. The molecule has 0 aliphatic rings. The van der Waals surface area contributed by atoms with E-state index in [0.29, 0.717) is 11.6 Å². The minimum atomic E-state index is -0.845. The number of nitrogens with zero attached hydrogens (tertiary/aromatic N) is 2. The summed E-state index contributed by atoms with van der Waals surface area (Å²) < 4.78 is 27.2. The largest absolute Gasteiger partial charge is 0.352 e. The van der Waals surface area contributed by atoms with Crippen LogP contribution in [0.2, 0.25) is 0 Å². The summed E-state index contributed by atoms with van der Waals surface area (Å²) in [6.45, 7) is 5.67. The average molecular weight is 320 g/mol. The van der Waals surface area contributed by atoms with Crippen LogP contribution in [0.3, 0.4) is 0 Å². The summed E-state index contributed by atoms with van der Waals surface area (Å²) >= 11 is 0. The lowest BCUT2D eigenvalue weighted by Crippen LogP contribution is -2.20. The van der Waals surface area contributed by atoms with Gasteiger partial charge in [0, 0.05) is 11.7 Å². The normalized spacial score (nSPS) is 11.9. The van der Waals surface area contributed by atoms with Gasteiger partial charge in [-0.25, -0.2) is 18.7 Å². The fourth-order valence-electron chi connectivity index (χ4n) is 1.87. The number of halogens is 2. The molecular weight excluding hydrogens is 302 g/mol. The van der Waals surface area contributed by atoms with E-state index in [2.05, 4.69) is 20.6 Å². The second-order valence-electron chi connectivity index (χ2n) is 5.22. The first-order valence-electron chi connectivity index (χ1n) is 7.28. The first-order chi connectivity index (χ1) is 10.9. The predicted octanol–water partition coefficient (Wildman–Crippen LogP) is 3.53. The molecule has 0 aliphatic carbocycles. The van der Waals surface area contributed by atoms with Gasteiger partial charge in [-0.1, -0.05) is 13.0 Å². The summed E-state index contributed by atoms with van der Waals surface area (Å²) in [5, 5.41) is 5.27. The monoisotopic (exact) mass is 320 g/mol. The fraction of sp³-hybridized carbons (Fsp3) is 0.312. The number of benzene rings is 1. The number of carbonyl (C=O) groups excluding carboxylic acids is 1. The van der Waals surface area contributed by atoms with E-state index in [4.69, 9.17) is 0 Å². The standard InChI is InChI=1S/C16H18F2N4O/c1-4-9(2)19-16-20-10(3)8-13(21-16)15(23)22-14-11(17)6-5-7-12(14)18/h5-9H,4H2,1-3H3,(H,22,23)(H,19,20,21). The maximum Gasteiger partial charge on any atom is 0.274 e. The minimum absolute atomic E-state index is 0.0333. The van der Waals surface area contributed by atoms with Gasteiger partial charge in [0.15, 0.2) is 0 Å². The zero-order valence-electron chi connectivity index (χ0n) is 13.2. The highest BCUT2D eigenvalue weighted by Gasteiger charge is 2.16. The fourth-order valence-corrected chi connectivity index (χ4v) is 1.87. The molecule has 5 nitrogen and oxygen atoms in total. The van der Waals surface area contributed by atoms with Gasteiger partial charge in [0.1, 0.15) is 23.0 Å². The van der Waals surface area contributed by atoms with Crippen LogP contribution in [-0.2, 0) is 0 Å². The maximum atomic E-state index is 13.6. The van der Waals surface area contributed by atoms with Crippen molar-refractivity contribution in [2.75, 3.05) is 10.6 Å². The number of anilines is 2. The van der Waals surface area contributed by atoms with E-state index in [1.165, 1.54) is 12.1 Å². The highest BCUT2D eigenvalue weighted by molar-refractivity contribution is 6.03. The van der Waals surface area contributed by atoms with E-state index < -0.39 is 23.2 Å². The Kier molecular flexibility index (Phi) is 5.20. The average Bonchev–Trinajstić information content (AvgIpc) is 2.50. The van der Waals surface area contributed by atoms with Gasteiger partial charge in [-0.2, -0.15) is 0 Å². The van der Waals surface area contributed by atoms with Gasteiger partial charge in [-0.15, -0.1) is 0 Å². The molecule has 1 unspecified atom stereocenters. The number of aryl methyl sites for hydroxylation is 1. The molecule has 23 heavy (non-hydrogen) atoms. The highest BCUT2D eigenvalue weighted by Crippen LogP contribution is 2.19. The molecule has 0 spiro atoms. The van der Waals surface area contributed by atoms with Gasteiger partial charge in [0.2, 0.25) is 5.95 Å². The molecule has 7 heteroatoms. The van der Waals surface area contributed by atoms with E-state index in [1.54, 1.807) is 6.92 Å². The summed E-state index contributed by atoms with van der Waals surface area (Å²) in [4.78, 5) is 20.5. The number of para-hydroxylation sites is 1. The lowest BCUT2D eigenvalue weighted by atomic mass is 10.2. The Labute approximate surface area is 133 Å². The van der Waals surface area contributed by atoms with Crippen LogP contribution in [-0.4, -0.2) is 21.9 Å². The van der Waals surface area contributed by atoms with E-state index in [9.17, 15) is 13.6 Å². The van der Waals surface area contributed by atoms with Crippen LogP contribution in [0.5, 0.6) is 0 Å². The molecule has 2 rings (SSSR count). The Bertz CT molecular complexity index is 701. The first-order valence-corrected chi connectivity index (χ1v) is 7.28. The van der Waals surface area contributed by atoms with Crippen LogP contribution < -0.4 is 10.6 Å². The zero-order chi connectivity index (χ0) is 17.0. The number of aromatic nitrogens is 2. The van der Waals surface area contributed by atoms with Crippen LogP contribution in [0.4, 0.5) is 20.4 Å². The molecule has 2 N–H and O–H groups in total. The molecule has 0 saturated carbocycles. The molecule has 0 bridgehead atoms. The third kappa shape index (κ3) is 4.21. The van der Waals surface area contributed by atoms with Gasteiger partial charge in [-0.05, 0) is 38.5 Å². The molecule has 0 fully saturated rings. The van der Waals surface area contributed by atoms with Gasteiger partial charge in [-0.3, -0.25) is 4.79 Å². The Morgan fingerprint density at radius 3 is 2.52 bits per heavy atom. The summed E-state index contributed by atoms with van der Waals surface area (Å²) in [7, 11) is 0. The topological polar surface area (TPSA) is 66.9 Å². The van der Waals surface area contributed by atoms with E-state index >= 15 is 0 Å². The molecule has 122 valence electrons. The van der Waals surface area contributed by atoms with Crippen LogP contribution >= 0.6 is 0 Å². The Balaban J connectivity index is 2.25. The number of amides is 1. The van der Waals surface area contributed by atoms with Crippen molar-refractivity contribution < 1.29 is 13.6 Å². The number of nitrogens with one attached hydrogen (secondary N) is 2. The third-order valence-electron chi connectivity index (χ3n) is 3.28. The van der Waals surface area contributed by atoms with Gasteiger partial charge in [0.05, 0.1) is 0 Å². The minimum Gasteiger partial charge on any atom is -0.352 e. The molecule has 0 radical (unpaired) electrons. The molecule has 1 atom stereocenters. The third-order valence-corrected chi connectivity index (χ3v) is 3.28. The maximum absolute atomic E-state index is 13.6. The van der Waals surface area contributed by atoms with Crippen molar-refractivity contribution in [3.05, 3.63) is 47.3 Å². The van der Waals surface area contributed by atoms with E-state index in [-0.39, 0.29) is 11.7 Å². The molecule has 1 aromatic carbocycles. The number of hydrogen-bond acceptors (Lipinski definition) is 4. The van der Waals surface area contributed by atoms with E-state index in [1.807, 2.05) is 13.8 Å². The molecule has 1 aromatic heterocycles. The van der Waals surface area contributed by atoms with E-state index in [0.717, 1.165) is 18.6 Å².